The van der Waals surface area contributed by atoms with Crippen LogP contribution in [0, 0.1) is 51.0 Å². The Morgan fingerprint density at radius 1 is 1.35 bits per heavy atom. The van der Waals surface area contributed by atoms with E-state index in [1.165, 1.54) is 6.07 Å². The zero-order chi connectivity index (χ0) is 11.9. The molecule has 5 nitrogen and oxygen atoms in total. The smallest absolute Gasteiger partial charge is 0.334 e. The number of rotatable bonds is 2. The minimum atomic E-state index is -1.10. The molecule has 0 saturated heterocycles. The van der Waals surface area contributed by atoms with Crippen molar-refractivity contribution in [3.8, 4) is 0 Å². The van der Waals surface area contributed by atoms with Gasteiger partial charge in [0.1, 0.15) is 0 Å². The first-order valence-electron chi connectivity index (χ1n) is 4.61. The van der Waals surface area contributed by atoms with Crippen LogP contribution in [0.15, 0.2) is 18.2 Å². The second-order valence-corrected chi connectivity index (χ2v) is 3.44. The summed E-state index contributed by atoms with van der Waals surface area (Å²) in [5.74, 6) is -1.76. The second-order valence-electron chi connectivity index (χ2n) is 3.44. The molecule has 0 saturated carbocycles. The zero-order valence-electron chi connectivity index (χ0n) is 9.10. The summed E-state index contributed by atoms with van der Waals surface area (Å²) in [7, 11) is 0. The number of aryl methyl sites for hydroxylation is 1. The fourth-order valence-electron chi connectivity index (χ4n) is 1.78. The molecule has 0 aliphatic rings. The third-order valence-corrected chi connectivity index (χ3v) is 2.42. The Hall–Kier alpha value is -0.858. The minimum absolute atomic E-state index is 0. The normalized spacial score (nSPS) is 9.94. The number of nitrogens with two attached hydrogens (primary N) is 1. The van der Waals surface area contributed by atoms with Crippen molar-refractivity contribution in [2.24, 2.45) is 5.73 Å². The first kappa shape index (κ1) is 14.2. The van der Waals surface area contributed by atoms with Gasteiger partial charge in [-0.05, 0) is 11.5 Å². The van der Waals surface area contributed by atoms with Crippen LogP contribution in [0.2, 0.25) is 0 Å². The van der Waals surface area contributed by atoms with Gasteiger partial charge in [0.15, 0.2) is 0 Å². The summed E-state index contributed by atoms with van der Waals surface area (Å²) in [5.41, 5.74) is 6.30. The molecule has 2 aromatic rings. The molecule has 1 amide bonds. The summed E-state index contributed by atoms with van der Waals surface area (Å²) in [4.78, 5) is 26.4. The van der Waals surface area contributed by atoms with Crippen LogP contribution in [0.5, 0.6) is 0 Å². The molecule has 1 aromatic carbocycles. The van der Waals surface area contributed by atoms with Gasteiger partial charge in [-0.15, -0.1) is 11.2 Å². The van der Waals surface area contributed by atoms with Gasteiger partial charge in [0, 0.05) is 55.2 Å². The number of primary amides is 1. The average Bonchev–Trinajstić information content (AvgIpc) is 2.52. The quantitative estimate of drug-likeness (QED) is 0.720. The number of carbonyl (C=O) groups is 2. The van der Waals surface area contributed by atoms with E-state index >= 15 is 0 Å². The van der Waals surface area contributed by atoms with E-state index in [1.807, 2.05) is 0 Å². The predicted octanol–water partition coefficient (Wildman–Crippen LogP) is 0.903. The van der Waals surface area contributed by atoms with E-state index in [0.29, 0.717) is 16.6 Å². The number of carbonyl (C=O) groups excluding carboxylic acids is 1. The van der Waals surface area contributed by atoms with E-state index in [2.05, 4.69) is 4.98 Å². The number of hydrogen-bond acceptors (Lipinski definition) is 2. The molecule has 2 rings (SSSR count). The first-order valence-corrected chi connectivity index (χ1v) is 4.61. The maximum absolute atomic E-state index is 11.2. The van der Waals surface area contributed by atoms with E-state index in [9.17, 15) is 9.59 Å². The van der Waals surface area contributed by atoms with Crippen LogP contribution in [-0.4, -0.2) is 17.0 Å². The molecule has 1 aromatic heterocycles. The largest absolute Gasteiger partial charge is 0.660 e. The maximum Gasteiger partial charge on any atom is 0.334 e. The van der Waals surface area contributed by atoms with Crippen molar-refractivity contribution in [1.82, 2.24) is 4.98 Å². The number of benzene rings is 1. The number of nitrogens with zero attached hydrogens (tertiary/aromatic N) is 1. The number of amides is 1. The molecule has 1 heterocycles. The van der Waals surface area contributed by atoms with E-state index in [4.69, 9.17) is 10.8 Å². The summed E-state index contributed by atoms with van der Waals surface area (Å²) in [6, 6.07) is 4.78. The van der Waals surface area contributed by atoms with Crippen LogP contribution in [0.1, 0.15) is 26.4 Å². The summed E-state index contributed by atoms with van der Waals surface area (Å²) in [5, 5.41) is 9.39. The molecule has 6 heteroatoms. The van der Waals surface area contributed by atoms with E-state index < -0.39 is 11.9 Å². The molecule has 85 valence electrons. The molecular weight excluding hydrogens is 435 g/mol. The molecule has 0 atom stereocenters. The van der Waals surface area contributed by atoms with Crippen molar-refractivity contribution in [3.63, 3.8) is 0 Å². The molecule has 0 bridgehead atoms. The van der Waals surface area contributed by atoms with Gasteiger partial charge in [-0.2, -0.15) is 0 Å². The predicted molar refractivity (Wildman–Crippen MR) is 57.5 cm³/mol. The van der Waals surface area contributed by atoms with Crippen molar-refractivity contribution in [1.29, 1.82) is 0 Å². The molecule has 17 heavy (non-hydrogen) atoms. The van der Waals surface area contributed by atoms with Gasteiger partial charge >= 0.3 is 5.97 Å². The number of carboxylic acids is 1. The minimum Gasteiger partial charge on any atom is -0.660 e. The molecule has 0 aliphatic carbocycles. The third kappa shape index (κ3) is 2.38. The van der Waals surface area contributed by atoms with Gasteiger partial charge in [-0.25, -0.2) is 4.79 Å². The van der Waals surface area contributed by atoms with Crippen LogP contribution in [0.25, 0.3) is 10.9 Å². The molecule has 0 spiro atoms. The Bertz CT molecular complexity index is 604. The van der Waals surface area contributed by atoms with E-state index in [-0.39, 0.29) is 55.2 Å². The van der Waals surface area contributed by atoms with Gasteiger partial charge in [0.25, 0.3) is 0 Å². The number of aromatic carboxylic acids is 1. The topological polar surface area (TPSA) is 94.5 Å². The number of carboxylic acid groups (broad SMARTS) is 1. The van der Waals surface area contributed by atoms with Crippen molar-refractivity contribution in [2.75, 3.05) is 0 Å². The Balaban J connectivity index is 0.00000144. The molecule has 1 radical (unpaired) electrons. The number of hydrogen-bond donors (Lipinski definition) is 2. The van der Waals surface area contributed by atoms with Crippen molar-refractivity contribution in [3.05, 3.63) is 35.0 Å². The van der Waals surface area contributed by atoms with Crippen molar-refractivity contribution >= 4 is 22.8 Å². The van der Waals surface area contributed by atoms with Gasteiger partial charge in [-0.3, -0.25) is 4.79 Å². The van der Waals surface area contributed by atoms with Crippen LogP contribution < -0.4 is 10.7 Å². The average molecular weight is 444 g/mol. The van der Waals surface area contributed by atoms with E-state index in [1.54, 1.807) is 19.1 Å². The van der Waals surface area contributed by atoms with Crippen LogP contribution in [0.3, 0.4) is 0 Å². The summed E-state index contributed by atoms with van der Waals surface area (Å²) >= 11 is 0. The van der Waals surface area contributed by atoms with Crippen molar-refractivity contribution < 1.29 is 58.8 Å². The van der Waals surface area contributed by atoms with Crippen LogP contribution >= 0.6 is 0 Å². The maximum atomic E-state index is 11.2. The molecule has 0 fully saturated rings. The van der Waals surface area contributed by atoms with E-state index in [0.717, 1.165) is 0 Å². The fourth-order valence-corrected chi connectivity index (χ4v) is 1.78. The summed E-state index contributed by atoms with van der Waals surface area (Å²) < 4.78 is 0. The summed E-state index contributed by atoms with van der Waals surface area (Å²) in [6.07, 6.45) is 0. The molecule has 3 N–H and O–H groups in total. The SMILES string of the molecule is Cc1[n-]c2cccc(C(N)=O)c2c1C(=O)O.[Ac]. The number of fused-ring (bicyclic) bond motifs is 1. The Morgan fingerprint density at radius 2 is 2.00 bits per heavy atom. The van der Waals surface area contributed by atoms with Gasteiger partial charge < -0.3 is 15.8 Å². The Labute approximate surface area is 133 Å². The molecule has 0 aliphatic heterocycles. The number of aromatic nitrogens is 1. The van der Waals surface area contributed by atoms with Crippen LogP contribution in [-0.2, 0) is 0 Å². The third-order valence-electron chi connectivity index (χ3n) is 2.42. The summed E-state index contributed by atoms with van der Waals surface area (Å²) in [6.45, 7) is 1.59. The Kier molecular flexibility index (Phi) is 4.34. The van der Waals surface area contributed by atoms with Gasteiger partial charge in [0.05, 0.1) is 0 Å². The first-order chi connectivity index (χ1) is 7.52. The molecular formula is C11H9AcN2O3-. The standard InChI is InChI=1S/C11H10N2O3.Ac/c1-5-8(11(15)16)9-6(10(12)14)3-2-4-7(9)13-5;/h2-4H,1H3,(H4,12,13,14,15,16);/p-1. The van der Waals surface area contributed by atoms with Gasteiger partial charge in [-0.1, -0.05) is 19.1 Å². The van der Waals surface area contributed by atoms with Crippen molar-refractivity contribution in [2.45, 2.75) is 6.92 Å². The zero-order valence-corrected chi connectivity index (χ0v) is 13.8. The second kappa shape index (κ2) is 5.20. The fraction of sp³-hybridized carbons (Fsp3) is 0.0909. The Morgan fingerprint density at radius 3 is 2.53 bits per heavy atom. The van der Waals surface area contributed by atoms with Crippen LogP contribution in [0.4, 0.5) is 0 Å². The molecule has 0 unspecified atom stereocenters. The monoisotopic (exact) mass is 444 g/mol. The van der Waals surface area contributed by atoms with Gasteiger partial charge in [0.2, 0.25) is 5.91 Å².